The number of para-hydroxylation sites is 1. The Morgan fingerprint density at radius 3 is 2.38 bits per heavy atom. The van der Waals surface area contributed by atoms with Gasteiger partial charge in [-0.15, -0.1) is 0 Å². The summed E-state index contributed by atoms with van der Waals surface area (Å²) in [4.78, 5) is 23.3. The monoisotopic (exact) mass is 292 g/mol. The molecule has 0 fully saturated rings. The van der Waals surface area contributed by atoms with Gasteiger partial charge in [0.15, 0.2) is 0 Å². The molecule has 0 aliphatic carbocycles. The maximum atomic E-state index is 12.1. The molecule has 0 aliphatic rings. The maximum absolute atomic E-state index is 12.1. The van der Waals surface area contributed by atoms with Crippen LogP contribution in [0, 0.1) is 12.8 Å². The van der Waals surface area contributed by atoms with E-state index in [1.165, 1.54) is 6.07 Å². The summed E-state index contributed by atoms with van der Waals surface area (Å²) >= 11 is 0. The SMILES string of the molecule is CCC(CC)C(C)NC(=O)Nc1c(C)cccc1C(=O)O. The van der Waals surface area contributed by atoms with Crippen molar-refractivity contribution in [2.45, 2.75) is 46.6 Å². The lowest BCUT2D eigenvalue weighted by Gasteiger charge is -2.23. The van der Waals surface area contributed by atoms with E-state index in [1.807, 2.05) is 6.92 Å². The highest BCUT2D eigenvalue weighted by Crippen LogP contribution is 2.21. The molecule has 1 unspecified atom stereocenters. The third kappa shape index (κ3) is 4.48. The number of aryl methyl sites for hydroxylation is 1. The first-order valence-corrected chi connectivity index (χ1v) is 7.31. The minimum absolute atomic E-state index is 0.0392. The fourth-order valence-corrected chi connectivity index (χ4v) is 2.48. The summed E-state index contributed by atoms with van der Waals surface area (Å²) in [6.45, 7) is 7.92. The molecule has 0 aromatic heterocycles. The Kier molecular flexibility index (Phi) is 6.21. The van der Waals surface area contributed by atoms with Gasteiger partial charge < -0.3 is 15.7 Å². The van der Waals surface area contributed by atoms with Crippen molar-refractivity contribution < 1.29 is 14.7 Å². The number of carbonyl (C=O) groups is 2. The smallest absolute Gasteiger partial charge is 0.337 e. The van der Waals surface area contributed by atoms with Crippen LogP contribution >= 0.6 is 0 Å². The van der Waals surface area contributed by atoms with E-state index in [2.05, 4.69) is 24.5 Å². The summed E-state index contributed by atoms with van der Waals surface area (Å²) in [6.07, 6.45) is 1.98. The first kappa shape index (κ1) is 17.0. The van der Waals surface area contributed by atoms with E-state index in [4.69, 9.17) is 0 Å². The molecule has 0 aliphatic heterocycles. The molecule has 5 heteroatoms. The van der Waals surface area contributed by atoms with Crippen molar-refractivity contribution in [1.82, 2.24) is 5.32 Å². The summed E-state index contributed by atoms with van der Waals surface area (Å²) in [5, 5.41) is 14.7. The molecule has 0 saturated carbocycles. The van der Waals surface area contributed by atoms with Gasteiger partial charge in [-0.3, -0.25) is 0 Å². The van der Waals surface area contributed by atoms with E-state index in [0.717, 1.165) is 18.4 Å². The van der Waals surface area contributed by atoms with Gasteiger partial charge >= 0.3 is 12.0 Å². The van der Waals surface area contributed by atoms with Crippen LogP contribution in [0.4, 0.5) is 10.5 Å². The Morgan fingerprint density at radius 2 is 1.86 bits per heavy atom. The lowest BCUT2D eigenvalue weighted by Crippen LogP contribution is -2.40. The molecular weight excluding hydrogens is 268 g/mol. The minimum Gasteiger partial charge on any atom is -0.478 e. The Hall–Kier alpha value is -2.04. The van der Waals surface area contributed by atoms with Crippen molar-refractivity contribution in [3.8, 4) is 0 Å². The number of urea groups is 1. The van der Waals surface area contributed by atoms with Crippen molar-refractivity contribution >= 4 is 17.7 Å². The second kappa shape index (κ2) is 7.67. The number of anilines is 1. The van der Waals surface area contributed by atoms with Gasteiger partial charge in [-0.25, -0.2) is 9.59 Å². The Bertz CT molecular complexity index is 510. The molecular formula is C16H24N2O3. The molecule has 1 rings (SSSR count). The largest absolute Gasteiger partial charge is 0.478 e. The van der Waals surface area contributed by atoms with E-state index < -0.39 is 5.97 Å². The molecule has 0 bridgehead atoms. The van der Waals surface area contributed by atoms with Crippen LogP contribution in [0.25, 0.3) is 0 Å². The van der Waals surface area contributed by atoms with Crippen molar-refractivity contribution in [3.05, 3.63) is 29.3 Å². The number of benzene rings is 1. The van der Waals surface area contributed by atoms with E-state index in [0.29, 0.717) is 11.6 Å². The summed E-state index contributed by atoms with van der Waals surface area (Å²) in [7, 11) is 0. The summed E-state index contributed by atoms with van der Waals surface area (Å²) in [5.41, 5.74) is 1.17. The molecule has 1 atom stereocenters. The lowest BCUT2D eigenvalue weighted by molar-refractivity contribution is 0.0698. The topological polar surface area (TPSA) is 78.4 Å². The van der Waals surface area contributed by atoms with Gasteiger partial charge in [0, 0.05) is 6.04 Å². The standard InChI is InChI=1S/C16H24N2O3/c1-5-12(6-2)11(4)17-16(21)18-14-10(3)8-7-9-13(14)15(19)20/h7-9,11-12H,5-6H2,1-4H3,(H,19,20)(H2,17,18,21). The highest BCUT2D eigenvalue weighted by Gasteiger charge is 2.18. The Labute approximate surface area is 125 Å². The predicted molar refractivity (Wildman–Crippen MR) is 83.8 cm³/mol. The molecule has 3 N–H and O–H groups in total. The van der Waals surface area contributed by atoms with Gasteiger partial charge in [0.05, 0.1) is 11.3 Å². The number of nitrogens with one attached hydrogen (secondary N) is 2. The molecule has 116 valence electrons. The van der Waals surface area contributed by atoms with Gasteiger partial charge in [-0.1, -0.05) is 38.8 Å². The van der Waals surface area contributed by atoms with Crippen LogP contribution < -0.4 is 10.6 Å². The molecule has 0 heterocycles. The predicted octanol–water partition coefficient (Wildman–Crippen LogP) is 3.64. The molecule has 0 saturated heterocycles. The third-order valence-electron chi connectivity index (χ3n) is 3.86. The van der Waals surface area contributed by atoms with Crippen molar-refractivity contribution in [1.29, 1.82) is 0 Å². The van der Waals surface area contributed by atoms with Crippen molar-refractivity contribution in [2.75, 3.05) is 5.32 Å². The summed E-state index contributed by atoms with van der Waals surface area (Å²) < 4.78 is 0. The zero-order valence-electron chi connectivity index (χ0n) is 13.1. The van der Waals surface area contributed by atoms with E-state index in [-0.39, 0.29) is 17.6 Å². The maximum Gasteiger partial charge on any atom is 0.337 e. The molecule has 2 amide bonds. The summed E-state index contributed by atoms with van der Waals surface area (Å²) in [5.74, 6) is -0.645. The zero-order chi connectivity index (χ0) is 16.0. The van der Waals surface area contributed by atoms with Crippen LogP contribution in [0.2, 0.25) is 0 Å². The van der Waals surface area contributed by atoms with Gasteiger partial charge in [0.25, 0.3) is 0 Å². The van der Waals surface area contributed by atoms with Crippen molar-refractivity contribution in [2.24, 2.45) is 5.92 Å². The average Bonchev–Trinajstić information content (AvgIpc) is 2.42. The number of hydrogen-bond acceptors (Lipinski definition) is 2. The van der Waals surface area contributed by atoms with Crippen molar-refractivity contribution in [3.63, 3.8) is 0 Å². The normalized spacial score (nSPS) is 12.0. The average molecular weight is 292 g/mol. The second-order valence-corrected chi connectivity index (χ2v) is 5.27. The number of aromatic carboxylic acids is 1. The first-order chi connectivity index (χ1) is 9.90. The van der Waals surface area contributed by atoms with E-state index in [9.17, 15) is 14.7 Å². The molecule has 5 nitrogen and oxygen atoms in total. The Balaban J connectivity index is 2.82. The molecule has 1 aromatic rings. The zero-order valence-corrected chi connectivity index (χ0v) is 13.1. The van der Waals surface area contributed by atoms with Gasteiger partial charge in [-0.05, 0) is 31.4 Å². The molecule has 0 spiro atoms. The number of carboxylic acids is 1. The van der Waals surface area contributed by atoms with Crippen LogP contribution in [0.5, 0.6) is 0 Å². The fourth-order valence-electron chi connectivity index (χ4n) is 2.48. The number of carbonyl (C=O) groups excluding carboxylic acids is 1. The fraction of sp³-hybridized carbons (Fsp3) is 0.500. The highest BCUT2D eigenvalue weighted by molar-refractivity contribution is 6.01. The van der Waals surface area contributed by atoms with Gasteiger partial charge in [0.2, 0.25) is 0 Å². The lowest BCUT2D eigenvalue weighted by atomic mass is 9.96. The minimum atomic E-state index is -1.05. The van der Waals surface area contributed by atoms with Gasteiger partial charge in [0.1, 0.15) is 0 Å². The quantitative estimate of drug-likeness (QED) is 0.749. The Morgan fingerprint density at radius 1 is 1.24 bits per heavy atom. The van der Waals surface area contributed by atoms with Crippen LogP contribution in [0.1, 0.15) is 49.5 Å². The van der Waals surface area contributed by atoms with E-state index in [1.54, 1.807) is 19.1 Å². The van der Waals surface area contributed by atoms with Crippen LogP contribution in [0.3, 0.4) is 0 Å². The first-order valence-electron chi connectivity index (χ1n) is 7.31. The number of amides is 2. The van der Waals surface area contributed by atoms with Crippen LogP contribution in [0.15, 0.2) is 18.2 Å². The number of rotatable bonds is 6. The number of carboxylic acid groups (broad SMARTS) is 1. The van der Waals surface area contributed by atoms with Crippen LogP contribution in [-0.4, -0.2) is 23.1 Å². The molecule has 0 radical (unpaired) electrons. The highest BCUT2D eigenvalue weighted by atomic mass is 16.4. The van der Waals surface area contributed by atoms with E-state index >= 15 is 0 Å². The van der Waals surface area contributed by atoms with Crippen LogP contribution in [-0.2, 0) is 0 Å². The third-order valence-corrected chi connectivity index (χ3v) is 3.86. The molecule has 21 heavy (non-hydrogen) atoms. The second-order valence-electron chi connectivity index (χ2n) is 5.27. The summed E-state index contributed by atoms with van der Waals surface area (Å²) in [6, 6.07) is 4.58. The van der Waals surface area contributed by atoms with Gasteiger partial charge in [-0.2, -0.15) is 0 Å². The molecule has 1 aromatic carbocycles. The number of hydrogen-bond donors (Lipinski definition) is 3.